The second-order valence-corrected chi connectivity index (χ2v) is 5.27. The number of ether oxygens (including phenoxy) is 1. The van der Waals surface area contributed by atoms with Crippen LogP contribution in [-0.2, 0) is 9.53 Å². The summed E-state index contributed by atoms with van der Waals surface area (Å²) in [6.45, 7) is 5.43. The van der Waals surface area contributed by atoms with Crippen LogP contribution < -0.4 is 5.32 Å². The van der Waals surface area contributed by atoms with E-state index in [-0.39, 0.29) is 29.2 Å². The van der Waals surface area contributed by atoms with Crippen LogP contribution in [0, 0.1) is 5.92 Å². The Bertz CT molecular complexity index is 502. The van der Waals surface area contributed by atoms with E-state index in [1.165, 1.54) is 18.2 Å². The Labute approximate surface area is 122 Å². The van der Waals surface area contributed by atoms with Crippen LogP contribution in [0.3, 0.4) is 0 Å². The summed E-state index contributed by atoms with van der Waals surface area (Å²) in [5, 5.41) is 12.6. The minimum absolute atomic E-state index is 0.00913. The summed E-state index contributed by atoms with van der Waals surface area (Å²) in [6.07, 6.45) is 0. The fourth-order valence-electron chi connectivity index (χ4n) is 1.35. The molecule has 0 aliphatic carbocycles. The second kappa shape index (κ2) is 7.14. The van der Waals surface area contributed by atoms with Gasteiger partial charge in [0.15, 0.2) is 6.61 Å². The second-order valence-electron chi connectivity index (χ2n) is 4.84. The minimum Gasteiger partial charge on any atom is -0.507 e. The number of carbonyl (C=O) groups excluding carboxylic acids is 2. The number of phenols is 1. The number of hydrogen-bond donors (Lipinski definition) is 2. The molecule has 5 nitrogen and oxygen atoms in total. The van der Waals surface area contributed by atoms with Crippen LogP contribution in [-0.4, -0.2) is 29.6 Å². The average Bonchev–Trinajstić information content (AvgIpc) is 2.35. The van der Waals surface area contributed by atoms with E-state index in [1.54, 1.807) is 0 Å². The molecule has 0 aliphatic heterocycles. The summed E-state index contributed by atoms with van der Waals surface area (Å²) in [5.41, 5.74) is -0.0286. The normalized spacial score (nSPS) is 12.1. The highest BCUT2D eigenvalue weighted by Crippen LogP contribution is 2.22. The highest BCUT2D eigenvalue weighted by atomic mass is 35.5. The van der Waals surface area contributed by atoms with Gasteiger partial charge in [-0.2, -0.15) is 0 Å². The third-order valence-corrected chi connectivity index (χ3v) is 3.14. The van der Waals surface area contributed by atoms with Crippen molar-refractivity contribution in [1.82, 2.24) is 5.32 Å². The van der Waals surface area contributed by atoms with Crippen molar-refractivity contribution in [2.75, 3.05) is 6.61 Å². The van der Waals surface area contributed by atoms with Crippen molar-refractivity contribution in [2.24, 2.45) is 5.92 Å². The lowest BCUT2D eigenvalue weighted by Crippen LogP contribution is -2.38. The molecule has 1 atom stereocenters. The van der Waals surface area contributed by atoms with Crippen molar-refractivity contribution in [1.29, 1.82) is 0 Å². The number of aromatic hydroxyl groups is 1. The van der Waals surface area contributed by atoms with Crippen molar-refractivity contribution in [3.8, 4) is 5.75 Å². The largest absolute Gasteiger partial charge is 0.507 e. The molecule has 1 aromatic carbocycles. The predicted molar refractivity (Wildman–Crippen MR) is 75.8 cm³/mol. The lowest BCUT2D eigenvalue weighted by molar-refractivity contribution is -0.125. The summed E-state index contributed by atoms with van der Waals surface area (Å²) >= 11 is 5.66. The Morgan fingerprint density at radius 3 is 2.55 bits per heavy atom. The quantitative estimate of drug-likeness (QED) is 0.818. The number of nitrogens with one attached hydrogen (secondary N) is 1. The van der Waals surface area contributed by atoms with Gasteiger partial charge in [0.05, 0.1) is 0 Å². The first-order valence-corrected chi connectivity index (χ1v) is 6.64. The van der Waals surface area contributed by atoms with Gasteiger partial charge in [0.1, 0.15) is 11.3 Å². The monoisotopic (exact) mass is 299 g/mol. The molecule has 0 fully saturated rings. The molecule has 0 saturated carbocycles. The molecule has 0 aliphatic rings. The zero-order valence-corrected chi connectivity index (χ0v) is 12.4. The van der Waals surface area contributed by atoms with Crippen LogP contribution in [0.25, 0.3) is 0 Å². The van der Waals surface area contributed by atoms with Gasteiger partial charge in [0, 0.05) is 11.1 Å². The molecular weight excluding hydrogens is 282 g/mol. The van der Waals surface area contributed by atoms with Gasteiger partial charge in [-0.05, 0) is 31.0 Å². The Morgan fingerprint density at radius 2 is 2.00 bits per heavy atom. The Morgan fingerprint density at radius 1 is 1.35 bits per heavy atom. The molecule has 0 spiro atoms. The fraction of sp³-hybridized carbons (Fsp3) is 0.429. The Balaban J connectivity index is 2.53. The van der Waals surface area contributed by atoms with Crippen LogP contribution >= 0.6 is 11.6 Å². The summed E-state index contributed by atoms with van der Waals surface area (Å²) in [5.74, 6) is -1.15. The van der Waals surface area contributed by atoms with Gasteiger partial charge in [0.2, 0.25) is 0 Å². The fourth-order valence-corrected chi connectivity index (χ4v) is 1.51. The molecule has 0 unspecified atom stereocenters. The summed E-state index contributed by atoms with van der Waals surface area (Å²) < 4.78 is 4.84. The molecule has 2 N–H and O–H groups in total. The first kappa shape index (κ1) is 16.3. The minimum atomic E-state index is -0.772. The number of amides is 1. The number of esters is 1. The number of halogens is 1. The lowest BCUT2D eigenvalue weighted by Gasteiger charge is -2.17. The van der Waals surface area contributed by atoms with E-state index in [0.29, 0.717) is 5.02 Å². The summed E-state index contributed by atoms with van der Waals surface area (Å²) in [6, 6.07) is 4.03. The standard InChI is InChI=1S/C14H18ClNO4/c1-8(2)9(3)16-13(18)7-20-14(19)11-5-4-10(15)6-12(11)17/h4-6,8-9,17H,7H2,1-3H3,(H,16,18)/t9-/m0/s1. The highest BCUT2D eigenvalue weighted by Gasteiger charge is 2.16. The van der Waals surface area contributed by atoms with Gasteiger partial charge in [-0.3, -0.25) is 4.79 Å². The molecule has 0 bridgehead atoms. The average molecular weight is 300 g/mol. The first-order chi connectivity index (χ1) is 9.31. The van der Waals surface area contributed by atoms with Crippen molar-refractivity contribution in [3.05, 3.63) is 28.8 Å². The van der Waals surface area contributed by atoms with E-state index in [1.807, 2.05) is 20.8 Å². The maximum absolute atomic E-state index is 11.7. The van der Waals surface area contributed by atoms with Gasteiger partial charge in [-0.1, -0.05) is 25.4 Å². The molecule has 0 radical (unpaired) electrons. The van der Waals surface area contributed by atoms with Gasteiger partial charge in [0.25, 0.3) is 5.91 Å². The van der Waals surface area contributed by atoms with E-state index >= 15 is 0 Å². The molecule has 0 heterocycles. The Kier molecular flexibility index (Phi) is 5.82. The van der Waals surface area contributed by atoms with Gasteiger partial charge < -0.3 is 15.2 Å². The molecule has 1 rings (SSSR count). The van der Waals surface area contributed by atoms with E-state index in [0.717, 1.165) is 0 Å². The summed E-state index contributed by atoms with van der Waals surface area (Å²) in [7, 11) is 0. The van der Waals surface area contributed by atoms with Crippen molar-refractivity contribution in [3.63, 3.8) is 0 Å². The Hall–Kier alpha value is -1.75. The van der Waals surface area contributed by atoms with E-state index in [4.69, 9.17) is 16.3 Å². The molecule has 20 heavy (non-hydrogen) atoms. The van der Waals surface area contributed by atoms with Crippen molar-refractivity contribution >= 4 is 23.5 Å². The van der Waals surface area contributed by atoms with E-state index < -0.39 is 12.6 Å². The number of hydrogen-bond acceptors (Lipinski definition) is 4. The molecular formula is C14H18ClNO4. The molecule has 0 aromatic heterocycles. The topological polar surface area (TPSA) is 75.6 Å². The van der Waals surface area contributed by atoms with E-state index in [2.05, 4.69) is 5.32 Å². The van der Waals surface area contributed by atoms with Crippen molar-refractivity contribution in [2.45, 2.75) is 26.8 Å². The molecule has 1 aromatic rings. The zero-order chi connectivity index (χ0) is 15.3. The summed E-state index contributed by atoms with van der Waals surface area (Å²) in [4.78, 5) is 23.3. The number of phenolic OH excluding ortho intramolecular Hbond substituents is 1. The third-order valence-electron chi connectivity index (χ3n) is 2.90. The van der Waals surface area contributed by atoms with Crippen LogP contribution in [0.1, 0.15) is 31.1 Å². The van der Waals surface area contributed by atoms with Crippen molar-refractivity contribution < 1.29 is 19.4 Å². The maximum Gasteiger partial charge on any atom is 0.342 e. The smallest absolute Gasteiger partial charge is 0.342 e. The number of benzene rings is 1. The van der Waals surface area contributed by atoms with E-state index in [9.17, 15) is 14.7 Å². The van der Waals surface area contributed by atoms with Gasteiger partial charge in [-0.25, -0.2) is 4.79 Å². The molecule has 6 heteroatoms. The molecule has 0 saturated heterocycles. The van der Waals surface area contributed by atoms with Crippen LogP contribution in [0.15, 0.2) is 18.2 Å². The molecule has 1 amide bonds. The van der Waals surface area contributed by atoms with Crippen LogP contribution in [0.2, 0.25) is 5.02 Å². The van der Waals surface area contributed by atoms with Gasteiger partial charge >= 0.3 is 5.97 Å². The predicted octanol–water partition coefficient (Wildman–Crippen LogP) is 2.36. The third kappa shape index (κ3) is 4.74. The van der Waals surface area contributed by atoms with Gasteiger partial charge in [-0.15, -0.1) is 0 Å². The zero-order valence-electron chi connectivity index (χ0n) is 11.6. The lowest BCUT2D eigenvalue weighted by atomic mass is 10.1. The SMILES string of the molecule is CC(C)[C@H](C)NC(=O)COC(=O)c1ccc(Cl)cc1O. The highest BCUT2D eigenvalue weighted by molar-refractivity contribution is 6.30. The van der Waals surface area contributed by atoms with Crippen LogP contribution in [0.4, 0.5) is 0 Å². The number of carbonyl (C=O) groups is 2. The number of rotatable bonds is 5. The molecule has 110 valence electrons. The first-order valence-electron chi connectivity index (χ1n) is 6.26. The van der Waals surface area contributed by atoms with Crippen LogP contribution in [0.5, 0.6) is 5.75 Å². The maximum atomic E-state index is 11.7.